The van der Waals surface area contributed by atoms with Crippen molar-refractivity contribution in [3.05, 3.63) is 89.2 Å². The third-order valence-corrected chi connectivity index (χ3v) is 7.20. The Morgan fingerprint density at radius 3 is 2.58 bits per heavy atom. The van der Waals surface area contributed by atoms with Crippen LogP contribution < -0.4 is 15.1 Å². The Morgan fingerprint density at radius 1 is 1.06 bits per heavy atom. The van der Waals surface area contributed by atoms with E-state index in [1.165, 1.54) is 39.8 Å². The van der Waals surface area contributed by atoms with E-state index >= 15 is 0 Å². The van der Waals surface area contributed by atoms with Crippen LogP contribution in [0.5, 0.6) is 0 Å². The topological polar surface area (TPSA) is 69.7 Å². The monoisotopic (exact) mass is 481 g/mol. The molecule has 166 valence electrons. The van der Waals surface area contributed by atoms with Gasteiger partial charge in [0.15, 0.2) is 0 Å². The molecule has 0 radical (unpaired) electrons. The van der Waals surface area contributed by atoms with Crippen LogP contribution >= 0.6 is 23.4 Å². The van der Waals surface area contributed by atoms with Crippen molar-refractivity contribution in [2.24, 2.45) is 0 Å². The predicted molar refractivity (Wildman–Crippen MR) is 127 cm³/mol. The highest BCUT2D eigenvalue weighted by molar-refractivity contribution is 8.02. The van der Waals surface area contributed by atoms with Crippen LogP contribution in [0.3, 0.4) is 0 Å². The molecule has 2 heterocycles. The van der Waals surface area contributed by atoms with Gasteiger partial charge in [-0.1, -0.05) is 35.9 Å². The minimum Gasteiger partial charge on any atom is -0.325 e. The fourth-order valence-electron chi connectivity index (χ4n) is 4.20. The number of rotatable bonds is 4. The Bertz CT molecular complexity index is 1290. The van der Waals surface area contributed by atoms with Crippen LogP contribution in [0.1, 0.15) is 5.56 Å². The number of amides is 3. The summed E-state index contributed by atoms with van der Waals surface area (Å²) in [6, 6.07) is 19.3. The molecule has 0 aliphatic carbocycles. The molecule has 33 heavy (non-hydrogen) atoms. The third kappa shape index (κ3) is 3.55. The van der Waals surface area contributed by atoms with E-state index in [4.69, 9.17) is 11.6 Å². The summed E-state index contributed by atoms with van der Waals surface area (Å²) in [5.74, 6) is -1.58. The number of hydrogen-bond acceptors (Lipinski definition) is 4. The average molecular weight is 482 g/mol. The Labute approximate surface area is 198 Å². The van der Waals surface area contributed by atoms with Crippen molar-refractivity contribution in [1.29, 1.82) is 0 Å². The number of hydrogen-bond donors (Lipinski definition) is 1. The van der Waals surface area contributed by atoms with E-state index in [2.05, 4.69) is 5.32 Å². The van der Waals surface area contributed by atoms with E-state index in [1.54, 1.807) is 54.6 Å². The van der Waals surface area contributed by atoms with Crippen molar-refractivity contribution in [3.63, 3.8) is 0 Å². The molecule has 1 atom stereocenters. The molecule has 2 aliphatic heterocycles. The second kappa shape index (κ2) is 8.20. The summed E-state index contributed by atoms with van der Waals surface area (Å²) in [6.07, 6.45) is 0. The summed E-state index contributed by atoms with van der Waals surface area (Å²) < 4.78 is 14.0. The van der Waals surface area contributed by atoms with Crippen molar-refractivity contribution in [3.8, 4) is 0 Å². The van der Waals surface area contributed by atoms with Gasteiger partial charge in [0, 0.05) is 22.0 Å². The molecule has 2 aliphatic rings. The highest BCUT2D eigenvalue weighted by Crippen LogP contribution is 2.55. The van der Waals surface area contributed by atoms with Gasteiger partial charge in [-0.05, 0) is 48.5 Å². The van der Waals surface area contributed by atoms with E-state index in [9.17, 15) is 18.8 Å². The van der Waals surface area contributed by atoms with Gasteiger partial charge < -0.3 is 5.32 Å². The van der Waals surface area contributed by atoms with Gasteiger partial charge >= 0.3 is 0 Å². The molecule has 5 rings (SSSR count). The molecule has 0 aromatic heterocycles. The van der Waals surface area contributed by atoms with Gasteiger partial charge in [-0.2, -0.15) is 0 Å². The summed E-state index contributed by atoms with van der Waals surface area (Å²) in [5.41, 5.74) is 1.97. The summed E-state index contributed by atoms with van der Waals surface area (Å²) in [5, 5.41) is 3.30. The fraction of sp³-hybridized carbons (Fsp3) is 0.125. The molecule has 1 saturated heterocycles. The van der Waals surface area contributed by atoms with Gasteiger partial charge in [0.05, 0.1) is 11.4 Å². The van der Waals surface area contributed by atoms with Gasteiger partial charge in [0.2, 0.25) is 16.7 Å². The average Bonchev–Trinajstić information content (AvgIpc) is 3.26. The Morgan fingerprint density at radius 2 is 1.82 bits per heavy atom. The SMILES string of the molecule is O=C(CN1C(=O)[C@]2(SCC(=O)N2c2cccc(F)c2)c2ccccc21)Nc1ccc(Cl)cc1. The maximum atomic E-state index is 14.0. The van der Waals surface area contributed by atoms with Crippen molar-refractivity contribution < 1.29 is 18.8 Å². The van der Waals surface area contributed by atoms with Gasteiger partial charge in [0.25, 0.3) is 5.91 Å². The van der Waals surface area contributed by atoms with Crippen molar-refractivity contribution in [2.75, 3.05) is 27.4 Å². The lowest BCUT2D eigenvalue weighted by atomic mass is 10.0. The number of anilines is 3. The Hall–Kier alpha value is -3.36. The third-order valence-electron chi connectivity index (χ3n) is 5.56. The van der Waals surface area contributed by atoms with Crippen LogP contribution in [0.2, 0.25) is 5.02 Å². The van der Waals surface area contributed by atoms with E-state index < -0.39 is 22.5 Å². The quantitative estimate of drug-likeness (QED) is 0.599. The zero-order valence-corrected chi connectivity index (χ0v) is 18.7. The molecular formula is C24H17ClFN3O3S. The van der Waals surface area contributed by atoms with Crippen LogP contribution in [-0.4, -0.2) is 30.0 Å². The van der Waals surface area contributed by atoms with E-state index in [-0.39, 0.29) is 18.2 Å². The van der Waals surface area contributed by atoms with Gasteiger partial charge in [-0.25, -0.2) is 4.39 Å². The number of halogens is 2. The second-order valence-corrected chi connectivity index (χ2v) is 9.21. The molecule has 3 amide bonds. The Kier molecular flexibility index (Phi) is 5.34. The second-order valence-electron chi connectivity index (χ2n) is 7.61. The fourth-order valence-corrected chi connectivity index (χ4v) is 5.69. The first-order valence-corrected chi connectivity index (χ1v) is 11.5. The lowest BCUT2D eigenvalue weighted by molar-refractivity contribution is -0.124. The first-order chi connectivity index (χ1) is 15.9. The largest absolute Gasteiger partial charge is 0.325 e. The van der Waals surface area contributed by atoms with Crippen LogP contribution in [-0.2, 0) is 19.3 Å². The van der Waals surface area contributed by atoms with Gasteiger partial charge in [-0.15, -0.1) is 11.8 Å². The van der Waals surface area contributed by atoms with Crippen molar-refractivity contribution in [1.82, 2.24) is 0 Å². The highest BCUT2D eigenvalue weighted by Gasteiger charge is 2.61. The summed E-state index contributed by atoms with van der Waals surface area (Å²) >= 11 is 7.07. The van der Waals surface area contributed by atoms with Crippen molar-refractivity contribution in [2.45, 2.75) is 4.87 Å². The van der Waals surface area contributed by atoms with Gasteiger partial charge in [0.1, 0.15) is 12.4 Å². The zero-order chi connectivity index (χ0) is 23.2. The molecule has 9 heteroatoms. The Balaban J connectivity index is 1.51. The first kappa shape index (κ1) is 21.5. The predicted octanol–water partition coefficient (Wildman–Crippen LogP) is 4.40. The highest BCUT2D eigenvalue weighted by atomic mass is 35.5. The lowest BCUT2D eigenvalue weighted by Crippen LogP contribution is -2.50. The molecule has 1 fully saturated rings. The maximum Gasteiger partial charge on any atom is 0.269 e. The molecule has 1 N–H and O–H groups in total. The van der Waals surface area contributed by atoms with Crippen LogP contribution in [0, 0.1) is 5.82 Å². The zero-order valence-electron chi connectivity index (χ0n) is 17.1. The first-order valence-electron chi connectivity index (χ1n) is 10.1. The molecule has 0 bridgehead atoms. The summed E-state index contributed by atoms with van der Waals surface area (Å²) in [7, 11) is 0. The van der Waals surface area contributed by atoms with Crippen LogP contribution in [0.4, 0.5) is 21.5 Å². The summed E-state index contributed by atoms with van der Waals surface area (Å²) in [6.45, 7) is -0.244. The van der Waals surface area contributed by atoms with Gasteiger partial charge in [-0.3, -0.25) is 24.2 Å². The van der Waals surface area contributed by atoms with Crippen molar-refractivity contribution >= 4 is 58.1 Å². The lowest BCUT2D eigenvalue weighted by Gasteiger charge is -2.33. The number of carbonyl (C=O) groups excluding carboxylic acids is 3. The van der Waals surface area contributed by atoms with E-state index in [0.717, 1.165) is 0 Å². The number of nitrogens with zero attached hydrogens (tertiary/aromatic N) is 2. The number of para-hydroxylation sites is 1. The molecule has 1 spiro atoms. The molecule has 6 nitrogen and oxygen atoms in total. The standard InChI is InChI=1S/C24H17ClFN3O3S/c25-15-8-10-17(11-9-15)27-21(30)13-28-20-7-2-1-6-19(20)24(23(28)32)29(22(31)14-33-24)18-5-3-4-16(26)12-18/h1-12H,13-14H2,(H,27,30)/t24-/m1/s1. The number of fused-ring (bicyclic) bond motifs is 2. The minimum atomic E-state index is -1.40. The molecule has 0 unspecified atom stereocenters. The summed E-state index contributed by atoms with van der Waals surface area (Å²) in [4.78, 5) is 40.9. The number of benzene rings is 3. The van der Waals surface area contributed by atoms with Crippen LogP contribution in [0.15, 0.2) is 72.8 Å². The smallest absolute Gasteiger partial charge is 0.269 e. The minimum absolute atomic E-state index is 0.0569. The molecule has 3 aromatic rings. The van der Waals surface area contributed by atoms with E-state index in [1.807, 2.05) is 0 Å². The van der Waals surface area contributed by atoms with Crippen LogP contribution in [0.25, 0.3) is 0 Å². The molecule has 3 aromatic carbocycles. The number of thioether (sulfide) groups is 1. The molecular weight excluding hydrogens is 465 g/mol. The normalized spacial score (nSPS) is 19.3. The number of carbonyl (C=O) groups is 3. The molecule has 0 saturated carbocycles. The van der Waals surface area contributed by atoms with E-state index in [0.29, 0.717) is 27.6 Å². The maximum absolute atomic E-state index is 14.0. The number of nitrogens with one attached hydrogen (secondary N) is 1.